The third-order valence-corrected chi connectivity index (χ3v) is 5.53. The largest absolute Gasteiger partial charge is 0.354 e. The number of hydrogen-bond acceptors (Lipinski definition) is 4. The summed E-state index contributed by atoms with van der Waals surface area (Å²) >= 11 is 0. The second kappa shape index (κ2) is 6.71. The number of fused-ring (bicyclic) bond motifs is 2. The lowest BCUT2D eigenvalue weighted by Crippen LogP contribution is -2.34. The van der Waals surface area contributed by atoms with Crippen molar-refractivity contribution in [2.45, 2.75) is 72.0 Å². The first kappa shape index (κ1) is 19.7. The summed E-state index contributed by atoms with van der Waals surface area (Å²) in [6.45, 7) is 11.0. The van der Waals surface area contributed by atoms with Gasteiger partial charge in [0.05, 0.1) is 17.8 Å². The van der Waals surface area contributed by atoms with Crippen molar-refractivity contribution in [3.63, 3.8) is 0 Å². The van der Waals surface area contributed by atoms with Crippen LogP contribution in [0.2, 0.25) is 0 Å². The maximum Gasteiger partial charge on any atom is 0.280 e. The van der Waals surface area contributed by atoms with E-state index >= 15 is 0 Å². The molecule has 8 nitrogen and oxygen atoms in total. The van der Waals surface area contributed by atoms with Crippen molar-refractivity contribution >= 4 is 17.5 Å². The molecule has 0 saturated heterocycles. The summed E-state index contributed by atoms with van der Waals surface area (Å²) in [5.41, 5.74) is 1.50. The Morgan fingerprint density at radius 1 is 1.28 bits per heavy atom. The van der Waals surface area contributed by atoms with Gasteiger partial charge in [-0.2, -0.15) is 9.61 Å². The first-order chi connectivity index (χ1) is 13.6. The van der Waals surface area contributed by atoms with E-state index < -0.39 is 0 Å². The van der Waals surface area contributed by atoms with E-state index in [0.717, 1.165) is 18.5 Å². The van der Waals surface area contributed by atoms with Crippen LogP contribution in [-0.4, -0.2) is 43.5 Å². The zero-order valence-corrected chi connectivity index (χ0v) is 17.8. The molecule has 0 radical (unpaired) electrons. The van der Waals surface area contributed by atoms with Gasteiger partial charge in [0.2, 0.25) is 5.91 Å². The lowest BCUT2D eigenvalue weighted by Gasteiger charge is -2.16. The molecule has 0 bridgehead atoms. The van der Waals surface area contributed by atoms with Gasteiger partial charge in [-0.15, -0.1) is 0 Å². The SMILES string of the molecule is CC(C)CNC(=O)Cn1c2c(c(=O)n3nc(C(C)(C)C)cc13)CN(C1CC1)C2=O. The van der Waals surface area contributed by atoms with Crippen molar-refractivity contribution in [1.29, 1.82) is 0 Å². The van der Waals surface area contributed by atoms with Crippen molar-refractivity contribution < 1.29 is 9.59 Å². The molecule has 0 atom stereocenters. The quantitative estimate of drug-likeness (QED) is 0.829. The van der Waals surface area contributed by atoms with Crippen LogP contribution in [-0.2, 0) is 23.3 Å². The molecular formula is C21H29N5O3. The van der Waals surface area contributed by atoms with Crippen LogP contribution < -0.4 is 10.9 Å². The third-order valence-electron chi connectivity index (χ3n) is 5.53. The highest BCUT2D eigenvalue weighted by Gasteiger charge is 2.42. The third kappa shape index (κ3) is 3.45. The predicted octanol–water partition coefficient (Wildman–Crippen LogP) is 1.68. The number of nitrogens with zero attached hydrogens (tertiary/aromatic N) is 4. The fourth-order valence-electron chi connectivity index (χ4n) is 3.71. The van der Waals surface area contributed by atoms with Crippen LogP contribution in [0.3, 0.4) is 0 Å². The van der Waals surface area contributed by atoms with Gasteiger partial charge in [-0.25, -0.2) is 0 Å². The summed E-state index contributed by atoms with van der Waals surface area (Å²) in [4.78, 5) is 40.7. The zero-order valence-electron chi connectivity index (χ0n) is 17.8. The van der Waals surface area contributed by atoms with Crippen molar-refractivity contribution in [1.82, 2.24) is 24.4 Å². The molecule has 29 heavy (non-hydrogen) atoms. The second-order valence-electron chi connectivity index (χ2n) is 9.63. The molecule has 3 heterocycles. The first-order valence-electron chi connectivity index (χ1n) is 10.3. The van der Waals surface area contributed by atoms with Gasteiger partial charge in [0.15, 0.2) is 0 Å². The number of aromatic nitrogens is 3. The fraction of sp³-hybridized carbons (Fsp3) is 0.619. The molecule has 1 aliphatic carbocycles. The molecule has 2 aliphatic rings. The Hall–Kier alpha value is -2.64. The van der Waals surface area contributed by atoms with Gasteiger partial charge in [0.25, 0.3) is 11.5 Å². The number of amides is 2. The van der Waals surface area contributed by atoms with Crippen LogP contribution in [0.15, 0.2) is 10.9 Å². The first-order valence-corrected chi connectivity index (χ1v) is 10.3. The summed E-state index contributed by atoms with van der Waals surface area (Å²) in [6.07, 6.45) is 1.93. The van der Waals surface area contributed by atoms with Gasteiger partial charge in [-0.1, -0.05) is 34.6 Å². The normalized spacial score (nSPS) is 16.8. The molecule has 1 fully saturated rings. The molecule has 0 aromatic carbocycles. The molecule has 2 aromatic heterocycles. The minimum atomic E-state index is -0.263. The van der Waals surface area contributed by atoms with Gasteiger partial charge in [0.1, 0.15) is 17.9 Å². The van der Waals surface area contributed by atoms with Crippen LogP contribution in [0.4, 0.5) is 0 Å². The molecule has 2 amide bonds. The monoisotopic (exact) mass is 399 g/mol. The summed E-state index contributed by atoms with van der Waals surface area (Å²) in [5, 5.41) is 7.44. The van der Waals surface area contributed by atoms with E-state index in [9.17, 15) is 14.4 Å². The standard InChI is InChI=1S/C21H29N5O3/c1-12(2)9-22-16(27)11-25-17-8-15(21(3,4)5)23-26(17)19(28)14-10-24(13-6-7-13)20(29)18(14)25/h8,12-13H,6-7,9-11H2,1-5H3,(H,22,27). The fourth-order valence-corrected chi connectivity index (χ4v) is 3.71. The van der Waals surface area contributed by atoms with Crippen LogP contribution in [0.5, 0.6) is 0 Å². The Morgan fingerprint density at radius 3 is 2.55 bits per heavy atom. The summed E-state index contributed by atoms with van der Waals surface area (Å²) in [7, 11) is 0. The number of carbonyl (C=O) groups is 2. The maximum absolute atomic E-state index is 13.2. The molecule has 1 aliphatic heterocycles. The number of carbonyl (C=O) groups excluding carboxylic acids is 2. The van der Waals surface area contributed by atoms with E-state index in [1.165, 1.54) is 4.52 Å². The highest BCUT2D eigenvalue weighted by molar-refractivity contribution is 5.98. The average Bonchev–Trinajstić information content (AvgIpc) is 3.25. The Labute approximate surface area is 169 Å². The van der Waals surface area contributed by atoms with E-state index in [1.807, 2.05) is 40.7 Å². The minimum Gasteiger partial charge on any atom is -0.354 e. The molecule has 1 N–H and O–H groups in total. The second-order valence-corrected chi connectivity index (χ2v) is 9.63. The smallest absolute Gasteiger partial charge is 0.280 e. The van der Waals surface area contributed by atoms with Crippen molar-refractivity contribution in [3.05, 3.63) is 33.4 Å². The minimum absolute atomic E-state index is 0.0155. The van der Waals surface area contributed by atoms with Crippen molar-refractivity contribution in [3.8, 4) is 0 Å². The number of rotatable bonds is 5. The molecule has 0 unspecified atom stereocenters. The van der Waals surface area contributed by atoms with E-state index in [0.29, 0.717) is 35.9 Å². The van der Waals surface area contributed by atoms with Crippen LogP contribution in [0.25, 0.3) is 5.65 Å². The molecule has 8 heteroatoms. The molecule has 2 aromatic rings. The lowest BCUT2D eigenvalue weighted by atomic mass is 9.93. The van der Waals surface area contributed by atoms with Gasteiger partial charge in [-0.3, -0.25) is 14.4 Å². The summed E-state index contributed by atoms with van der Waals surface area (Å²) in [6, 6.07) is 2.03. The Balaban J connectivity index is 1.85. The number of nitrogens with one attached hydrogen (secondary N) is 1. The topological polar surface area (TPSA) is 88.7 Å². The van der Waals surface area contributed by atoms with E-state index in [2.05, 4.69) is 10.4 Å². The van der Waals surface area contributed by atoms with Crippen LogP contribution >= 0.6 is 0 Å². The predicted molar refractivity (Wildman–Crippen MR) is 109 cm³/mol. The summed E-state index contributed by atoms with van der Waals surface area (Å²) < 4.78 is 3.04. The number of hydrogen-bond donors (Lipinski definition) is 1. The van der Waals surface area contributed by atoms with Gasteiger partial charge < -0.3 is 14.8 Å². The van der Waals surface area contributed by atoms with Crippen LogP contribution in [0.1, 0.15) is 69.2 Å². The highest BCUT2D eigenvalue weighted by atomic mass is 16.2. The zero-order chi connectivity index (χ0) is 21.1. The van der Waals surface area contributed by atoms with Gasteiger partial charge in [-0.05, 0) is 18.8 Å². The highest BCUT2D eigenvalue weighted by Crippen LogP contribution is 2.34. The van der Waals surface area contributed by atoms with Crippen molar-refractivity contribution in [2.75, 3.05) is 6.54 Å². The van der Waals surface area contributed by atoms with Gasteiger partial charge >= 0.3 is 0 Å². The molecule has 0 spiro atoms. The molecular weight excluding hydrogens is 370 g/mol. The average molecular weight is 399 g/mol. The van der Waals surface area contributed by atoms with E-state index in [4.69, 9.17) is 0 Å². The van der Waals surface area contributed by atoms with Crippen molar-refractivity contribution in [2.24, 2.45) is 5.92 Å². The van der Waals surface area contributed by atoms with Crippen LogP contribution in [0, 0.1) is 5.92 Å². The van der Waals surface area contributed by atoms with Gasteiger partial charge in [0, 0.05) is 24.1 Å². The van der Waals surface area contributed by atoms with E-state index in [-0.39, 0.29) is 35.4 Å². The van der Waals surface area contributed by atoms with E-state index in [1.54, 1.807) is 9.47 Å². The Kier molecular flexibility index (Phi) is 4.55. The molecule has 156 valence electrons. The Morgan fingerprint density at radius 2 is 1.97 bits per heavy atom. The lowest BCUT2D eigenvalue weighted by molar-refractivity contribution is -0.121. The molecule has 1 saturated carbocycles. The maximum atomic E-state index is 13.2. The Bertz CT molecular complexity index is 1050. The summed E-state index contributed by atoms with van der Waals surface area (Å²) in [5.74, 6) is -0.00644. The molecule has 4 rings (SSSR count).